The van der Waals surface area contributed by atoms with Gasteiger partial charge >= 0.3 is 5.97 Å². The minimum Gasteiger partial charge on any atom is -0.480 e. The molecule has 0 amide bonds. The number of carboxylic acid groups (broad SMARTS) is 1. The van der Waals surface area contributed by atoms with Crippen molar-refractivity contribution in [2.24, 2.45) is 0 Å². The van der Waals surface area contributed by atoms with Gasteiger partial charge in [-0.1, -0.05) is 109 Å². The quantitative estimate of drug-likeness (QED) is 0.223. The number of hydrogen-bond acceptors (Lipinski definition) is 3. The van der Waals surface area contributed by atoms with Crippen molar-refractivity contribution in [2.45, 2.75) is 13.0 Å². The molecule has 0 atom stereocenters. The second-order valence-electron chi connectivity index (χ2n) is 10.1. The zero-order valence-electron chi connectivity index (χ0n) is 22.2. The molecule has 0 saturated heterocycles. The molecule has 7 aromatic rings. The third-order valence-electron chi connectivity index (χ3n) is 7.46. The maximum absolute atomic E-state index is 11.7. The fourth-order valence-corrected chi connectivity index (χ4v) is 5.56. The number of para-hydroxylation sites is 1. The van der Waals surface area contributed by atoms with Gasteiger partial charge in [-0.15, -0.1) is 0 Å². The monoisotopic (exact) mass is 534 g/mol. The van der Waals surface area contributed by atoms with Crippen LogP contribution in [-0.2, 0) is 17.8 Å². The maximum Gasteiger partial charge on any atom is 0.323 e. The van der Waals surface area contributed by atoms with E-state index in [-0.39, 0.29) is 6.54 Å². The summed E-state index contributed by atoms with van der Waals surface area (Å²) in [6.07, 6.45) is 0.714. The highest BCUT2D eigenvalue weighted by molar-refractivity contribution is 5.96. The Balaban J connectivity index is 1.27. The highest BCUT2D eigenvalue weighted by Crippen LogP contribution is 2.37. The minimum atomic E-state index is -0.903. The summed E-state index contributed by atoms with van der Waals surface area (Å²) in [5, 5.41) is 10.7. The van der Waals surface area contributed by atoms with E-state index < -0.39 is 5.97 Å². The van der Waals surface area contributed by atoms with Crippen molar-refractivity contribution in [1.82, 2.24) is 9.55 Å². The molecule has 41 heavy (non-hydrogen) atoms. The predicted octanol–water partition coefficient (Wildman–Crippen LogP) is 8.46. The van der Waals surface area contributed by atoms with Gasteiger partial charge in [-0.2, -0.15) is 0 Å². The number of nitrogens with zero attached hydrogens (tertiary/aromatic N) is 2. The fourth-order valence-electron chi connectivity index (χ4n) is 5.56. The van der Waals surface area contributed by atoms with Crippen molar-refractivity contribution >= 4 is 28.0 Å². The number of fused-ring (bicyclic) bond motifs is 2. The molecule has 0 aliphatic carbocycles. The van der Waals surface area contributed by atoms with Gasteiger partial charge in [-0.3, -0.25) is 4.79 Å². The second-order valence-corrected chi connectivity index (χ2v) is 10.1. The van der Waals surface area contributed by atoms with Crippen LogP contribution in [0.2, 0.25) is 0 Å². The Labute approximate surface area is 237 Å². The van der Waals surface area contributed by atoms with Gasteiger partial charge in [0.2, 0.25) is 0 Å². The number of aromatic nitrogens is 2. The molecule has 0 aliphatic rings. The molecule has 1 N–H and O–H groups in total. The first-order chi connectivity index (χ1) is 20.1. The van der Waals surface area contributed by atoms with Crippen LogP contribution in [-0.4, -0.2) is 20.6 Å². The molecular weight excluding hydrogens is 508 g/mol. The average Bonchev–Trinajstić information content (AvgIpc) is 3.55. The summed E-state index contributed by atoms with van der Waals surface area (Å²) in [6, 6.07) is 42.8. The van der Waals surface area contributed by atoms with Gasteiger partial charge in [0.1, 0.15) is 23.7 Å². The molecule has 5 nitrogen and oxygen atoms in total. The summed E-state index contributed by atoms with van der Waals surface area (Å²) in [4.78, 5) is 16.5. The molecular formula is C36H26N2O3. The Bertz CT molecular complexity index is 2000. The highest BCUT2D eigenvalue weighted by atomic mass is 16.4. The SMILES string of the molecule is O=C(O)Cn1c(-c2ccccc2)nc2cc(-c3ccc(-c4c(Cc5ccccc5)oc5ccccc45)cc3)ccc21. The minimum absolute atomic E-state index is 0.154. The Morgan fingerprint density at radius 3 is 2.12 bits per heavy atom. The normalized spacial score (nSPS) is 11.3. The van der Waals surface area contributed by atoms with Crippen LogP contribution in [0, 0.1) is 0 Å². The number of benzene rings is 5. The van der Waals surface area contributed by atoms with Gasteiger partial charge in [-0.05, 0) is 40.5 Å². The lowest BCUT2D eigenvalue weighted by Gasteiger charge is -2.08. The van der Waals surface area contributed by atoms with Crippen LogP contribution < -0.4 is 0 Å². The van der Waals surface area contributed by atoms with Gasteiger partial charge < -0.3 is 14.1 Å². The number of carboxylic acids is 1. The van der Waals surface area contributed by atoms with E-state index >= 15 is 0 Å². The third-order valence-corrected chi connectivity index (χ3v) is 7.46. The molecule has 2 heterocycles. The molecule has 0 radical (unpaired) electrons. The lowest BCUT2D eigenvalue weighted by Crippen LogP contribution is -2.09. The largest absolute Gasteiger partial charge is 0.480 e. The molecule has 0 fully saturated rings. The van der Waals surface area contributed by atoms with E-state index in [1.807, 2.05) is 72.8 Å². The van der Waals surface area contributed by atoms with E-state index in [1.165, 1.54) is 5.56 Å². The average molecular weight is 535 g/mol. The van der Waals surface area contributed by atoms with Gasteiger partial charge in [0.05, 0.1) is 11.0 Å². The van der Waals surface area contributed by atoms with E-state index in [1.54, 1.807) is 4.57 Å². The topological polar surface area (TPSA) is 68.3 Å². The van der Waals surface area contributed by atoms with Gasteiger partial charge in [0, 0.05) is 22.9 Å². The Kier molecular flexibility index (Phi) is 6.17. The van der Waals surface area contributed by atoms with E-state index in [0.717, 1.165) is 55.6 Å². The summed E-state index contributed by atoms with van der Waals surface area (Å²) in [6.45, 7) is -0.154. The zero-order chi connectivity index (χ0) is 27.8. The molecule has 0 saturated carbocycles. The van der Waals surface area contributed by atoms with Crippen molar-refractivity contribution in [3.8, 4) is 33.6 Å². The van der Waals surface area contributed by atoms with Gasteiger partial charge in [0.25, 0.3) is 0 Å². The first kappa shape index (κ1) is 24.6. The van der Waals surface area contributed by atoms with Crippen molar-refractivity contribution in [3.05, 3.63) is 139 Å². The van der Waals surface area contributed by atoms with E-state index in [4.69, 9.17) is 9.40 Å². The first-order valence-electron chi connectivity index (χ1n) is 13.6. The lowest BCUT2D eigenvalue weighted by molar-refractivity contribution is -0.137. The molecule has 5 aromatic carbocycles. The summed E-state index contributed by atoms with van der Waals surface area (Å²) in [5.41, 5.74) is 8.82. The number of rotatable bonds is 7. The molecule has 5 heteroatoms. The summed E-state index contributed by atoms with van der Waals surface area (Å²) < 4.78 is 8.11. The van der Waals surface area contributed by atoms with Crippen LogP contribution >= 0.6 is 0 Å². The van der Waals surface area contributed by atoms with Crippen molar-refractivity contribution < 1.29 is 14.3 Å². The van der Waals surface area contributed by atoms with Crippen LogP contribution in [0.1, 0.15) is 11.3 Å². The maximum atomic E-state index is 11.7. The standard InChI is InChI=1S/C36H26N2O3/c39-34(40)23-38-31-20-19-28(22-30(31)37-36(38)27-11-5-2-6-12-27)25-15-17-26(18-16-25)35-29-13-7-8-14-32(29)41-33(35)21-24-9-3-1-4-10-24/h1-20,22H,21,23H2,(H,39,40). The summed E-state index contributed by atoms with van der Waals surface area (Å²) in [5.74, 6) is 0.691. The van der Waals surface area contributed by atoms with Crippen molar-refractivity contribution in [3.63, 3.8) is 0 Å². The van der Waals surface area contributed by atoms with Crippen LogP contribution in [0.4, 0.5) is 0 Å². The third kappa shape index (κ3) is 4.68. The van der Waals surface area contributed by atoms with Crippen LogP contribution in [0.3, 0.4) is 0 Å². The number of imidazole rings is 1. The van der Waals surface area contributed by atoms with Crippen molar-refractivity contribution in [1.29, 1.82) is 0 Å². The van der Waals surface area contributed by atoms with Crippen LogP contribution in [0.15, 0.2) is 132 Å². The highest BCUT2D eigenvalue weighted by Gasteiger charge is 2.18. The van der Waals surface area contributed by atoms with Gasteiger partial charge in [-0.25, -0.2) is 4.98 Å². The summed E-state index contributed by atoms with van der Waals surface area (Å²) in [7, 11) is 0. The molecule has 0 aliphatic heterocycles. The molecule has 0 bridgehead atoms. The number of carbonyl (C=O) groups is 1. The van der Waals surface area contributed by atoms with E-state index in [9.17, 15) is 9.90 Å². The number of hydrogen-bond donors (Lipinski definition) is 1. The number of aliphatic carboxylic acids is 1. The van der Waals surface area contributed by atoms with Crippen molar-refractivity contribution in [2.75, 3.05) is 0 Å². The fraction of sp³-hybridized carbons (Fsp3) is 0.0556. The van der Waals surface area contributed by atoms with Gasteiger partial charge in [0.15, 0.2) is 0 Å². The predicted molar refractivity (Wildman–Crippen MR) is 163 cm³/mol. The molecule has 198 valence electrons. The second kappa shape index (κ2) is 10.3. The summed E-state index contributed by atoms with van der Waals surface area (Å²) >= 11 is 0. The van der Waals surface area contributed by atoms with Crippen LogP contribution in [0.25, 0.3) is 55.6 Å². The van der Waals surface area contributed by atoms with E-state index in [2.05, 4.69) is 54.6 Å². The molecule has 0 spiro atoms. The molecule has 7 rings (SSSR count). The Morgan fingerprint density at radius 2 is 1.37 bits per heavy atom. The number of furan rings is 1. The lowest BCUT2D eigenvalue weighted by atomic mass is 9.96. The molecule has 2 aromatic heterocycles. The molecule has 0 unspecified atom stereocenters. The Hall–Kier alpha value is -5.42. The first-order valence-corrected chi connectivity index (χ1v) is 13.6. The van der Waals surface area contributed by atoms with Crippen LogP contribution in [0.5, 0.6) is 0 Å². The Morgan fingerprint density at radius 1 is 0.707 bits per heavy atom. The smallest absolute Gasteiger partial charge is 0.323 e. The zero-order valence-corrected chi connectivity index (χ0v) is 22.2. The van der Waals surface area contributed by atoms with E-state index in [0.29, 0.717) is 12.2 Å².